The predicted octanol–water partition coefficient (Wildman–Crippen LogP) is 2.56. The van der Waals surface area contributed by atoms with E-state index < -0.39 is 0 Å². The molecule has 0 bridgehead atoms. The highest BCUT2D eigenvalue weighted by Crippen LogP contribution is 2.37. The van der Waals surface area contributed by atoms with Gasteiger partial charge >= 0.3 is 0 Å². The summed E-state index contributed by atoms with van der Waals surface area (Å²) in [6, 6.07) is -0.00412. The van der Waals surface area contributed by atoms with Crippen LogP contribution in [0, 0.1) is 0 Å². The molecule has 0 spiro atoms. The lowest BCUT2D eigenvalue weighted by atomic mass is 9.82. The molecule has 1 aliphatic rings. The van der Waals surface area contributed by atoms with Crippen molar-refractivity contribution in [3.63, 3.8) is 0 Å². The highest BCUT2D eigenvalue weighted by molar-refractivity contribution is 5.10. The first kappa shape index (κ1) is 14.5. The Kier molecular flexibility index (Phi) is 4.63. The van der Waals surface area contributed by atoms with Crippen molar-refractivity contribution in [3.8, 4) is 0 Å². The van der Waals surface area contributed by atoms with Crippen LogP contribution in [0.3, 0.4) is 0 Å². The summed E-state index contributed by atoms with van der Waals surface area (Å²) in [5.74, 6) is 1.04. The van der Waals surface area contributed by atoms with Gasteiger partial charge in [0.25, 0.3) is 0 Å². The Bertz CT molecular complexity index is 389. The van der Waals surface area contributed by atoms with Crippen molar-refractivity contribution in [3.05, 3.63) is 18.2 Å². The molecule has 1 aromatic heterocycles. The largest absolute Gasteiger partial charge is 0.334 e. The molecule has 4 nitrogen and oxygen atoms in total. The zero-order chi connectivity index (χ0) is 13.9. The molecule has 108 valence electrons. The molecule has 4 heteroatoms. The Morgan fingerprint density at radius 1 is 1.26 bits per heavy atom. The molecule has 2 rings (SSSR count). The van der Waals surface area contributed by atoms with E-state index in [9.17, 15) is 0 Å². The SMILES string of the molecule is CCn1ccnc1C(N)C(CC)(CC)N1CCCC1. The molecule has 0 aromatic carbocycles. The van der Waals surface area contributed by atoms with Gasteiger partial charge in [-0.05, 0) is 45.7 Å². The summed E-state index contributed by atoms with van der Waals surface area (Å²) >= 11 is 0. The first-order valence-corrected chi connectivity index (χ1v) is 7.71. The summed E-state index contributed by atoms with van der Waals surface area (Å²) < 4.78 is 2.18. The Hall–Kier alpha value is -0.870. The van der Waals surface area contributed by atoms with Crippen molar-refractivity contribution in [1.82, 2.24) is 14.5 Å². The molecule has 0 aliphatic carbocycles. The normalized spacial score (nSPS) is 18.9. The van der Waals surface area contributed by atoms with Gasteiger partial charge in [-0.25, -0.2) is 4.98 Å². The van der Waals surface area contributed by atoms with Crippen molar-refractivity contribution in [1.29, 1.82) is 0 Å². The summed E-state index contributed by atoms with van der Waals surface area (Å²) in [4.78, 5) is 7.13. The van der Waals surface area contributed by atoms with Crippen LogP contribution in [0.25, 0.3) is 0 Å². The fourth-order valence-electron chi connectivity index (χ4n) is 3.60. The van der Waals surface area contributed by atoms with Crippen LogP contribution in [0.1, 0.15) is 58.3 Å². The van der Waals surface area contributed by atoms with Crippen LogP contribution in [0.15, 0.2) is 12.4 Å². The maximum atomic E-state index is 6.67. The molecule has 1 atom stereocenters. The molecule has 1 aromatic rings. The van der Waals surface area contributed by atoms with Gasteiger partial charge in [0.1, 0.15) is 5.82 Å². The molecule has 1 unspecified atom stereocenters. The number of rotatable bonds is 6. The summed E-state index contributed by atoms with van der Waals surface area (Å²) in [6.45, 7) is 9.98. The molecule has 19 heavy (non-hydrogen) atoms. The van der Waals surface area contributed by atoms with E-state index in [-0.39, 0.29) is 11.6 Å². The van der Waals surface area contributed by atoms with Gasteiger partial charge in [-0.2, -0.15) is 0 Å². The molecule has 2 heterocycles. The van der Waals surface area contributed by atoms with E-state index in [4.69, 9.17) is 5.73 Å². The van der Waals surface area contributed by atoms with E-state index in [2.05, 4.69) is 35.2 Å². The monoisotopic (exact) mass is 264 g/mol. The fourth-order valence-corrected chi connectivity index (χ4v) is 3.60. The Labute approximate surface area is 117 Å². The highest BCUT2D eigenvalue weighted by Gasteiger charge is 2.42. The second-order valence-corrected chi connectivity index (χ2v) is 5.55. The quantitative estimate of drug-likeness (QED) is 0.859. The number of imidazole rings is 1. The molecule has 1 fully saturated rings. The molecule has 0 radical (unpaired) electrons. The third kappa shape index (κ3) is 2.43. The van der Waals surface area contributed by atoms with Crippen LogP contribution in [0.4, 0.5) is 0 Å². The van der Waals surface area contributed by atoms with Crippen molar-refractivity contribution in [2.45, 2.75) is 64.6 Å². The van der Waals surface area contributed by atoms with Crippen molar-refractivity contribution >= 4 is 0 Å². The fraction of sp³-hybridized carbons (Fsp3) is 0.800. The van der Waals surface area contributed by atoms with Gasteiger partial charge in [0, 0.05) is 24.5 Å². The molecular weight excluding hydrogens is 236 g/mol. The van der Waals surface area contributed by atoms with Crippen molar-refractivity contribution < 1.29 is 0 Å². The first-order chi connectivity index (χ1) is 9.19. The lowest BCUT2D eigenvalue weighted by Gasteiger charge is -2.45. The van der Waals surface area contributed by atoms with Gasteiger partial charge in [0.05, 0.1) is 6.04 Å². The average Bonchev–Trinajstić information content (AvgIpc) is 3.11. The van der Waals surface area contributed by atoms with Crippen LogP contribution in [0.5, 0.6) is 0 Å². The topological polar surface area (TPSA) is 47.1 Å². The van der Waals surface area contributed by atoms with Crippen LogP contribution in [0.2, 0.25) is 0 Å². The number of likely N-dealkylation sites (tertiary alicyclic amines) is 1. The first-order valence-electron chi connectivity index (χ1n) is 7.71. The highest BCUT2D eigenvalue weighted by atomic mass is 15.2. The van der Waals surface area contributed by atoms with Crippen molar-refractivity contribution in [2.75, 3.05) is 13.1 Å². The maximum Gasteiger partial charge on any atom is 0.127 e. The number of hydrogen-bond acceptors (Lipinski definition) is 3. The van der Waals surface area contributed by atoms with Crippen LogP contribution >= 0.6 is 0 Å². The molecule has 1 aliphatic heterocycles. The second kappa shape index (κ2) is 6.06. The predicted molar refractivity (Wildman–Crippen MR) is 78.9 cm³/mol. The summed E-state index contributed by atoms with van der Waals surface area (Å²) in [7, 11) is 0. The standard InChI is InChI=1S/C15H28N4/c1-4-15(5-2,19-10-7-8-11-19)13(16)14-17-9-12-18(14)6-3/h9,12-13H,4-8,10-11,16H2,1-3H3. The van der Waals surface area contributed by atoms with E-state index >= 15 is 0 Å². The number of aromatic nitrogens is 2. The molecule has 0 amide bonds. The second-order valence-electron chi connectivity index (χ2n) is 5.55. The third-order valence-corrected chi connectivity index (χ3v) is 4.91. The minimum absolute atomic E-state index is 0.00412. The summed E-state index contributed by atoms with van der Waals surface area (Å²) in [5.41, 5.74) is 6.74. The van der Waals surface area contributed by atoms with Crippen LogP contribution in [-0.4, -0.2) is 33.1 Å². The van der Waals surface area contributed by atoms with Gasteiger partial charge in [-0.1, -0.05) is 13.8 Å². The number of aryl methyl sites for hydroxylation is 1. The third-order valence-electron chi connectivity index (χ3n) is 4.91. The number of hydrogen-bond donors (Lipinski definition) is 1. The zero-order valence-corrected chi connectivity index (χ0v) is 12.6. The van der Waals surface area contributed by atoms with Gasteiger partial charge < -0.3 is 10.3 Å². The summed E-state index contributed by atoms with van der Waals surface area (Å²) in [5, 5.41) is 0. The zero-order valence-electron chi connectivity index (χ0n) is 12.6. The van der Waals surface area contributed by atoms with Gasteiger partial charge in [0.2, 0.25) is 0 Å². The summed E-state index contributed by atoms with van der Waals surface area (Å²) in [6.07, 6.45) is 8.68. The van der Waals surface area contributed by atoms with Gasteiger partial charge in [0.15, 0.2) is 0 Å². The molecule has 2 N–H and O–H groups in total. The molecule has 1 saturated heterocycles. The van der Waals surface area contributed by atoms with Crippen LogP contribution < -0.4 is 5.73 Å². The van der Waals surface area contributed by atoms with E-state index in [1.54, 1.807) is 0 Å². The number of nitrogens with two attached hydrogens (primary N) is 1. The van der Waals surface area contributed by atoms with Gasteiger partial charge in [-0.15, -0.1) is 0 Å². The van der Waals surface area contributed by atoms with E-state index in [0.717, 1.165) is 25.2 Å². The maximum absolute atomic E-state index is 6.67. The molecule has 0 saturated carbocycles. The van der Waals surface area contributed by atoms with Crippen molar-refractivity contribution in [2.24, 2.45) is 5.73 Å². The Morgan fingerprint density at radius 3 is 2.42 bits per heavy atom. The average molecular weight is 264 g/mol. The van der Waals surface area contributed by atoms with Gasteiger partial charge in [-0.3, -0.25) is 4.90 Å². The number of nitrogens with zero attached hydrogens (tertiary/aromatic N) is 3. The van der Waals surface area contributed by atoms with E-state index in [1.165, 1.54) is 25.9 Å². The lowest BCUT2D eigenvalue weighted by Crippen LogP contribution is -2.54. The molecular formula is C15H28N4. The Balaban J connectivity index is 2.32. The van der Waals surface area contributed by atoms with E-state index in [1.807, 2.05) is 12.4 Å². The smallest absolute Gasteiger partial charge is 0.127 e. The lowest BCUT2D eigenvalue weighted by molar-refractivity contribution is 0.0724. The minimum Gasteiger partial charge on any atom is -0.334 e. The van der Waals surface area contributed by atoms with E-state index in [0.29, 0.717) is 0 Å². The Morgan fingerprint density at radius 2 is 1.89 bits per heavy atom. The minimum atomic E-state index is -0.00412. The van der Waals surface area contributed by atoms with Crippen LogP contribution in [-0.2, 0) is 6.54 Å².